The van der Waals surface area contributed by atoms with Crippen molar-refractivity contribution in [2.24, 2.45) is 5.41 Å². The number of carbonyl (C=O) groups is 2. The lowest BCUT2D eigenvalue weighted by molar-refractivity contribution is -0.163. The molecule has 0 N–H and O–H groups in total. The van der Waals surface area contributed by atoms with E-state index in [4.69, 9.17) is 4.74 Å². The van der Waals surface area contributed by atoms with Gasteiger partial charge < -0.3 is 9.47 Å². The van der Waals surface area contributed by atoms with E-state index in [1.807, 2.05) is 0 Å². The number of esters is 2. The van der Waals surface area contributed by atoms with Gasteiger partial charge in [-0.1, -0.05) is 13.8 Å². The van der Waals surface area contributed by atoms with Crippen molar-refractivity contribution in [2.75, 3.05) is 18.6 Å². The van der Waals surface area contributed by atoms with E-state index in [0.717, 1.165) is 0 Å². The summed E-state index contributed by atoms with van der Waals surface area (Å²) in [7, 11) is -17.3. The molecular formula is C16H27F3O10S3. The summed E-state index contributed by atoms with van der Waals surface area (Å²) in [6.07, 6.45) is -0.751. The summed E-state index contributed by atoms with van der Waals surface area (Å²) in [5.74, 6) is -3.16. The van der Waals surface area contributed by atoms with Gasteiger partial charge in [0.05, 0.1) is 17.6 Å². The summed E-state index contributed by atoms with van der Waals surface area (Å²) in [4.78, 5) is 24.0. The van der Waals surface area contributed by atoms with E-state index in [2.05, 4.69) is 4.74 Å². The second-order valence-corrected chi connectivity index (χ2v) is 14.8. The maximum Gasteiger partial charge on any atom is 0.499 e. The van der Waals surface area contributed by atoms with Crippen LogP contribution in [0.2, 0.25) is 0 Å². The van der Waals surface area contributed by atoms with E-state index in [1.54, 1.807) is 27.7 Å². The average Bonchev–Trinajstić information content (AvgIpc) is 2.57. The summed E-state index contributed by atoms with van der Waals surface area (Å²) >= 11 is 0. The molecule has 0 bridgehead atoms. The van der Waals surface area contributed by atoms with Crippen LogP contribution in [0, 0.1) is 5.41 Å². The highest BCUT2D eigenvalue weighted by atomic mass is 32.3. The van der Waals surface area contributed by atoms with Crippen LogP contribution in [0.3, 0.4) is 0 Å². The molecule has 0 aliphatic heterocycles. The largest absolute Gasteiger partial charge is 0.499 e. The molecular weight excluding hydrogens is 505 g/mol. The molecule has 16 heteroatoms. The fraction of sp³-hybridized carbons (Fsp3) is 0.875. The van der Waals surface area contributed by atoms with Gasteiger partial charge in [0.2, 0.25) is 0 Å². The van der Waals surface area contributed by atoms with Gasteiger partial charge in [-0.3, -0.25) is 9.59 Å². The number of alkyl halides is 3. The first-order chi connectivity index (χ1) is 14.1. The molecule has 10 nitrogen and oxygen atoms in total. The van der Waals surface area contributed by atoms with Gasteiger partial charge in [-0.2, -0.15) is 13.2 Å². The van der Waals surface area contributed by atoms with Gasteiger partial charge in [-0.15, -0.1) is 0 Å². The third-order valence-electron chi connectivity index (χ3n) is 4.41. The van der Waals surface area contributed by atoms with Crippen LogP contribution in [0.15, 0.2) is 0 Å². The van der Waals surface area contributed by atoms with Crippen molar-refractivity contribution in [2.45, 2.75) is 62.5 Å². The number of halogens is 3. The number of carbonyl (C=O) groups excluding carboxylic acids is 2. The molecule has 0 fully saturated rings. The van der Waals surface area contributed by atoms with Gasteiger partial charge in [0.25, 0.3) is 13.8 Å². The Kier molecular flexibility index (Phi) is 10.2. The first kappa shape index (κ1) is 30.6. The standard InChI is InChI=1S/C16H27F3O10S3/c1-6-11(29-13(21)15(3,4)7-2)10-12(20)28-8-9-31(24,25)14(30(5,22)23)32(26,27)16(17,18)19/h11,14H,6-10H2,1-5H3. The lowest BCUT2D eigenvalue weighted by Gasteiger charge is -2.24. The van der Waals surface area contributed by atoms with Crippen molar-refractivity contribution >= 4 is 41.5 Å². The number of sulfone groups is 3. The van der Waals surface area contributed by atoms with Crippen molar-refractivity contribution in [3.8, 4) is 0 Å². The summed E-state index contributed by atoms with van der Waals surface area (Å²) < 4.78 is 115. The molecule has 0 amide bonds. The maximum atomic E-state index is 12.7. The molecule has 0 spiro atoms. The molecule has 0 aromatic heterocycles. The lowest BCUT2D eigenvalue weighted by atomic mass is 9.90. The van der Waals surface area contributed by atoms with Crippen LogP contribution in [0.25, 0.3) is 0 Å². The van der Waals surface area contributed by atoms with E-state index in [-0.39, 0.29) is 12.7 Å². The monoisotopic (exact) mass is 532 g/mol. The lowest BCUT2D eigenvalue weighted by Crippen LogP contribution is -2.45. The van der Waals surface area contributed by atoms with Crippen LogP contribution in [-0.4, -0.2) is 71.3 Å². The Labute approximate surface area is 185 Å². The summed E-state index contributed by atoms with van der Waals surface area (Å²) in [6, 6.07) is 0. The quantitative estimate of drug-likeness (QED) is 0.336. The zero-order chi connectivity index (χ0) is 25.8. The molecule has 0 heterocycles. The molecule has 0 aliphatic carbocycles. The van der Waals surface area contributed by atoms with Crippen LogP contribution in [0.1, 0.15) is 47.0 Å². The number of hydrogen-bond donors (Lipinski definition) is 0. The van der Waals surface area contributed by atoms with Gasteiger partial charge in [-0.25, -0.2) is 25.3 Å². The van der Waals surface area contributed by atoms with Crippen LogP contribution >= 0.6 is 0 Å². The van der Waals surface area contributed by atoms with Crippen molar-refractivity contribution in [3.63, 3.8) is 0 Å². The van der Waals surface area contributed by atoms with Crippen molar-refractivity contribution in [1.82, 2.24) is 0 Å². The topological polar surface area (TPSA) is 155 Å². The molecule has 190 valence electrons. The molecule has 2 atom stereocenters. The van der Waals surface area contributed by atoms with E-state index in [9.17, 15) is 48.0 Å². The zero-order valence-electron chi connectivity index (χ0n) is 18.1. The van der Waals surface area contributed by atoms with E-state index in [0.29, 0.717) is 6.42 Å². The summed E-state index contributed by atoms with van der Waals surface area (Å²) in [5, 5.41) is 0. The first-order valence-electron chi connectivity index (χ1n) is 9.20. The molecule has 0 aromatic rings. The fourth-order valence-corrected chi connectivity index (χ4v) is 9.61. The Morgan fingerprint density at radius 3 is 1.84 bits per heavy atom. The summed E-state index contributed by atoms with van der Waals surface area (Å²) in [6.45, 7) is 5.48. The molecule has 0 saturated carbocycles. The Hall–Kier alpha value is -1.42. The Morgan fingerprint density at radius 1 is 0.969 bits per heavy atom. The Morgan fingerprint density at radius 2 is 1.47 bits per heavy atom. The van der Waals surface area contributed by atoms with Crippen molar-refractivity contribution in [3.05, 3.63) is 0 Å². The summed E-state index contributed by atoms with van der Waals surface area (Å²) in [5.41, 5.74) is -6.97. The third-order valence-corrected chi connectivity index (χ3v) is 13.0. The Balaban J connectivity index is 5.28. The molecule has 0 rings (SSSR count). The van der Waals surface area contributed by atoms with Gasteiger partial charge in [0.15, 0.2) is 19.7 Å². The van der Waals surface area contributed by atoms with Gasteiger partial charge >= 0.3 is 17.4 Å². The molecule has 0 saturated heterocycles. The molecule has 32 heavy (non-hydrogen) atoms. The predicted molar refractivity (Wildman–Crippen MR) is 107 cm³/mol. The van der Waals surface area contributed by atoms with E-state index in [1.165, 1.54) is 0 Å². The van der Waals surface area contributed by atoms with Crippen LogP contribution in [-0.2, 0) is 48.6 Å². The third kappa shape index (κ3) is 8.17. The fourth-order valence-electron chi connectivity index (χ4n) is 2.14. The van der Waals surface area contributed by atoms with Crippen LogP contribution in [0.5, 0.6) is 0 Å². The van der Waals surface area contributed by atoms with Gasteiger partial charge in [0, 0.05) is 6.26 Å². The van der Waals surface area contributed by atoms with E-state index < -0.39 is 81.2 Å². The normalized spacial score (nSPS) is 15.6. The zero-order valence-corrected chi connectivity index (χ0v) is 20.6. The van der Waals surface area contributed by atoms with Crippen molar-refractivity contribution < 1.29 is 57.5 Å². The number of hydrogen-bond acceptors (Lipinski definition) is 10. The highest BCUT2D eigenvalue weighted by Crippen LogP contribution is 2.32. The highest BCUT2D eigenvalue weighted by molar-refractivity contribution is 8.24. The molecule has 0 radical (unpaired) electrons. The minimum absolute atomic E-state index is 0.0303. The molecule has 2 unspecified atom stereocenters. The smallest absolute Gasteiger partial charge is 0.464 e. The van der Waals surface area contributed by atoms with E-state index >= 15 is 0 Å². The SMILES string of the molecule is CCC(CC(=O)OCCS(=O)(=O)C(S(C)(=O)=O)S(=O)(=O)C(F)(F)F)OC(=O)C(C)(C)CC. The highest BCUT2D eigenvalue weighted by Gasteiger charge is 2.59. The minimum Gasteiger partial charge on any atom is -0.464 e. The van der Waals surface area contributed by atoms with Crippen molar-refractivity contribution in [1.29, 1.82) is 0 Å². The average molecular weight is 533 g/mol. The Bertz CT molecular complexity index is 996. The van der Waals surface area contributed by atoms with Crippen LogP contribution in [0.4, 0.5) is 13.2 Å². The minimum atomic E-state index is -6.63. The molecule has 0 aromatic carbocycles. The number of ether oxygens (including phenoxy) is 2. The van der Waals surface area contributed by atoms with Crippen LogP contribution < -0.4 is 0 Å². The number of rotatable bonds is 12. The maximum absolute atomic E-state index is 12.7. The van der Waals surface area contributed by atoms with Gasteiger partial charge in [-0.05, 0) is 26.7 Å². The predicted octanol–water partition coefficient (Wildman–Crippen LogP) is 1.36. The second-order valence-electron chi connectivity index (χ2n) is 7.57. The second kappa shape index (κ2) is 10.7. The first-order valence-corrected chi connectivity index (χ1v) is 14.4. The molecule has 0 aliphatic rings. The van der Waals surface area contributed by atoms with Gasteiger partial charge in [0.1, 0.15) is 12.7 Å².